The number of anilines is 1. The number of likely N-dealkylation sites (tertiary alicyclic amines) is 1. The van der Waals surface area contributed by atoms with Crippen LogP contribution in [0.4, 0.5) is 5.69 Å². The van der Waals surface area contributed by atoms with Crippen LogP contribution < -0.4 is 10.5 Å². The van der Waals surface area contributed by atoms with Gasteiger partial charge in [0.2, 0.25) is 0 Å². The van der Waals surface area contributed by atoms with Gasteiger partial charge in [-0.25, -0.2) is 4.68 Å². The van der Waals surface area contributed by atoms with E-state index < -0.39 is 0 Å². The molecule has 0 radical (unpaired) electrons. The Labute approximate surface area is 171 Å². The van der Waals surface area contributed by atoms with Gasteiger partial charge in [0.1, 0.15) is 0 Å². The van der Waals surface area contributed by atoms with Crippen LogP contribution in [0.2, 0.25) is 0 Å². The number of hydrogen-bond acceptors (Lipinski definition) is 5. The fraction of sp³-hybridized carbons (Fsp3) is 0.500. The van der Waals surface area contributed by atoms with E-state index in [-0.39, 0.29) is 17.5 Å². The molecule has 1 atom stereocenters. The molecule has 1 amide bonds. The molecule has 7 nitrogen and oxygen atoms in total. The lowest BCUT2D eigenvalue weighted by atomic mass is 10.0. The molecule has 2 aromatic rings. The van der Waals surface area contributed by atoms with Crippen molar-refractivity contribution in [3.63, 3.8) is 0 Å². The molecule has 7 heteroatoms. The summed E-state index contributed by atoms with van der Waals surface area (Å²) in [6, 6.07) is 9.64. The Bertz CT molecular complexity index is 935. The van der Waals surface area contributed by atoms with E-state index in [4.69, 9.17) is 0 Å². The smallest absolute Gasteiger partial charge is 0.269 e. The molecule has 2 fully saturated rings. The van der Waals surface area contributed by atoms with Crippen LogP contribution in [0.1, 0.15) is 41.2 Å². The van der Waals surface area contributed by atoms with Gasteiger partial charge in [-0.05, 0) is 43.5 Å². The quantitative estimate of drug-likeness (QED) is 0.775. The van der Waals surface area contributed by atoms with Crippen LogP contribution in [0.25, 0.3) is 0 Å². The van der Waals surface area contributed by atoms with E-state index in [0.29, 0.717) is 5.56 Å². The van der Waals surface area contributed by atoms with E-state index in [1.165, 1.54) is 6.42 Å². The molecule has 2 aliphatic heterocycles. The summed E-state index contributed by atoms with van der Waals surface area (Å²) >= 11 is 0. The van der Waals surface area contributed by atoms with Crippen LogP contribution >= 0.6 is 0 Å². The zero-order valence-electron chi connectivity index (χ0n) is 17.3. The van der Waals surface area contributed by atoms with Gasteiger partial charge in [-0.15, -0.1) is 0 Å². The van der Waals surface area contributed by atoms with Crippen molar-refractivity contribution in [3.8, 4) is 0 Å². The van der Waals surface area contributed by atoms with Crippen LogP contribution in [0, 0.1) is 0 Å². The molecule has 0 unspecified atom stereocenters. The van der Waals surface area contributed by atoms with Gasteiger partial charge in [0.25, 0.3) is 11.5 Å². The first-order valence-electron chi connectivity index (χ1n) is 10.4. The predicted molar refractivity (Wildman–Crippen MR) is 113 cm³/mol. The molecule has 0 spiro atoms. The fourth-order valence-electron chi connectivity index (χ4n) is 4.12. The number of amides is 1. The summed E-state index contributed by atoms with van der Waals surface area (Å²) < 4.78 is 1.65. The number of aromatic nitrogens is 2. The summed E-state index contributed by atoms with van der Waals surface area (Å²) in [7, 11) is 3.53. The summed E-state index contributed by atoms with van der Waals surface area (Å²) in [4.78, 5) is 31.0. The minimum atomic E-state index is -0.0140. The third-order valence-corrected chi connectivity index (χ3v) is 5.85. The largest absolute Gasteiger partial charge is 0.370 e. The second kappa shape index (κ2) is 8.37. The number of benzene rings is 1. The summed E-state index contributed by atoms with van der Waals surface area (Å²) in [5.74, 6) is 0.0152. The van der Waals surface area contributed by atoms with Crippen LogP contribution in [-0.2, 0) is 6.54 Å². The van der Waals surface area contributed by atoms with E-state index >= 15 is 0 Å². The number of carbonyl (C=O) groups excluding carboxylic acids is 1. The molecule has 0 bridgehead atoms. The van der Waals surface area contributed by atoms with E-state index in [0.717, 1.165) is 56.8 Å². The van der Waals surface area contributed by atoms with Crippen molar-refractivity contribution in [2.75, 3.05) is 45.2 Å². The highest BCUT2D eigenvalue weighted by Crippen LogP contribution is 2.23. The lowest BCUT2D eigenvalue weighted by molar-refractivity contribution is 0.0827. The molecule has 2 aliphatic rings. The maximum Gasteiger partial charge on any atom is 0.269 e. The van der Waals surface area contributed by atoms with Crippen molar-refractivity contribution in [1.29, 1.82) is 0 Å². The maximum absolute atomic E-state index is 12.6. The molecule has 0 saturated carbocycles. The highest BCUT2D eigenvalue weighted by atomic mass is 16.2. The van der Waals surface area contributed by atoms with Crippen LogP contribution in [0.3, 0.4) is 0 Å². The third kappa shape index (κ3) is 4.34. The van der Waals surface area contributed by atoms with Crippen LogP contribution in [0.15, 0.2) is 41.3 Å². The molecule has 29 heavy (non-hydrogen) atoms. The Balaban J connectivity index is 1.44. The number of piperidine rings is 1. The van der Waals surface area contributed by atoms with Crippen LogP contribution in [-0.4, -0.2) is 65.8 Å². The van der Waals surface area contributed by atoms with Gasteiger partial charge in [0, 0.05) is 51.9 Å². The lowest BCUT2D eigenvalue weighted by Crippen LogP contribution is -2.41. The van der Waals surface area contributed by atoms with E-state index in [1.807, 2.05) is 24.4 Å². The topological polar surface area (TPSA) is 61.7 Å². The SMILES string of the molecule is CN(C)C(=O)c1cccc(CN2CCC[C@H](n3ncc(N4CCC4)cc3=O)C2)c1. The van der Waals surface area contributed by atoms with Crippen molar-refractivity contribution < 1.29 is 4.79 Å². The molecule has 1 aromatic carbocycles. The molecule has 154 valence electrons. The first-order valence-corrected chi connectivity index (χ1v) is 10.4. The van der Waals surface area contributed by atoms with Gasteiger partial charge in [-0.1, -0.05) is 12.1 Å². The Morgan fingerprint density at radius 1 is 1.17 bits per heavy atom. The highest BCUT2D eigenvalue weighted by molar-refractivity contribution is 5.94. The molecule has 1 aromatic heterocycles. The molecule has 2 saturated heterocycles. The van der Waals surface area contributed by atoms with Crippen molar-refractivity contribution in [1.82, 2.24) is 19.6 Å². The lowest BCUT2D eigenvalue weighted by Gasteiger charge is -2.34. The van der Waals surface area contributed by atoms with Gasteiger partial charge < -0.3 is 9.80 Å². The summed E-state index contributed by atoms with van der Waals surface area (Å²) in [5, 5.41) is 4.49. The Morgan fingerprint density at radius 2 is 2.00 bits per heavy atom. The average molecular weight is 396 g/mol. The molecular weight excluding hydrogens is 366 g/mol. The fourth-order valence-corrected chi connectivity index (χ4v) is 4.12. The maximum atomic E-state index is 12.6. The van der Waals surface area contributed by atoms with E-state index in [9.17, 15) is 9.59 Å². The van der Waals surface area contributed by atoms with Gasteiger partial charge >= 0.3 is 0 Å². The normalized spacial score (nSPS) is 19.7. The summed E-state index contributed by atoms with van der Waals surface area (Å²) in [6.07, 6.45) is 5.01. The first-order chi connectivity index (χ1) is 14.0. The van der Waals surface area contributed by atoms with Crippen molar-refractivity contribution >= 4 is 11.6 Å². The Kier molecular flexibility index (Phi) is 5.67. The zero-order valence-corrected chi connectivity index (χ0v) is 17.3. The predicted octanol–water partition coefficient (Wildman–Crippen LogP) is 1.99. The third-order valence-electron chi connectivity index (χ3n) is 5.85. The summed E-state index contributed by atoms with van der Waals surface area (Å²) in [6.45, 7) is 4.58. The van der Waals surface area contributed by atoms with Gasteiger partial charge in [0.15, 0.2) is 0 Å². The van der Waals surface area contributed by atoms with E-state index in [2.05, 4.69) is 21.0 Å². The monoisotopic (exact) mass is 395 g/mol. The van der Waals surface area contributed by atoms with Crippen molar-refractivity contribution in [2.24, 2.45) is 0 Å². The van der Waals surface area contributed by atoms with Gasteiger partial charge in [-0.3, -0.25) is 14.5 Å². The van der Waals surface area contributed by atoms with Gasteiger partial charge in [0.05, 0.1) is 17.9 Å². The minimum absolute atomic E-state index is 0.0140. The Hall–Kier alpha value is -2.67. The van der Waals surface area contributed by atoms with Crippen molar-refractivity contribution in [3.05, 3.63) is 58.0 Å². The average Bonchev–Trinajstić information content (AvgIpc) is 2.66. The van der Waals surface area contributed by atoms with Gasteiger partial charge in [-0.2, -0.15) is 5.10 Å². The Morgan fingerprint density at radius 3 is 2.69 bits per heavy atom. The number of carbonyl (C=O) groups is 1. The molecule has 0 N–H and O–H groups in total. The number of rotatable bonds is 5. The number of nitrogens with zero attached hydrogens (tertiary/aromatic N) is 5. The molecule has 0 aliphatic carbocycles. The second-order valence-electron chi connectivity index (χ2n) is 8.27. The second-order valence-corrected chi connectivity index (χ2v) is 8.27. The summed E-state index contributed by atoms with van der Waals surface area (Å²) in [5.41, 5.74) is 2.75. The standard InChI is InChI=1S/C22H29N5O2/c1-24(2)22(29)18-7-3-6-17(12-18)15-25-9-4-8-19(16-25)27-21(28)13-20(14-23-27)26-10-5-11-26/h3,6-7,12-14,19H,4-5,8-11,15-16H2,1-2H3/t19-/m0/s1. The zero-order chi connectivity index (χ0) is 20.4. The minimum Gasteiger partial charge on any atom is -0.370 e. The first kappa shape index (κ1) is 19.6. The molecular formula is C22H29N5O2. The molecule has 3 heterocycles. The van der Waals surface area contributed by atoms with Crippen molar-refractivity contribution in [2.45, 2.75) is 31.8 Å². The molecule has 4 rings (SSSR count). The number of hydrogen-bond donors (Lipinski definition) is 0. The van der Waals surface area contributed by atoms with E-state index in [1.54, 1.807) is 29.7 Å². The highest BCUT2D eigenvalue weighted by Gasteiger charge is 2.24. The van der Waals surface area contributed by atoms with Crippen LogP contribution in [0.5, 0.6) is 0 Å².